The van der Waals surface area contributed by atoms with E-state index < -0.39 is 5.97 Å². The normalized spacial score (nSPS) is 19.7. The molecule has 4 heteroatoms. The van der Waals surface area contributed by atoms with Crippen LogP contribution < -0.4 is 4.90 Å². The second-order valence-electron chi connectivity index (χ2n) is 4.42. The zero-order valence-electron chi connectivity index (χ0n) is 9.72. The Morgan fingerprint density at radius 1 is 1.41 bits per heavy atom. The minimum absolute atomic E-state index is 0.0185. The Kier molecular flexibility index (Phi) is 3.13. The van der Waals surface area contributed by atoms with E-state index in [1.807, 2.05) is 19.1 Å². The van der Waals surface area contributed by atoms with Gasteiger partial charge in [0.25, 0.3) is 0 Å². The highest BCUT2D eigenvalue weighted by Crippen LogP contribution is 2.25. The second kappa shape index (κ2) is 4.57. The molecule has 1 aromatic rings. The summed E-state index contributed by atoms with van der Waals surface area (Å²) < 4.78 is 0. The molecule has 1 aliphatic rings. The standard InChI is InChI=1S/C13H15NO3/c1-9-6-7-14(13(9)17)11-4-2-10(3-5-11)8-12(15)16/h2-5,9H,6-8H2,1H3,(H,15,16). The maximum Gasteiger partial charge on any atom is 0.307 e. The van der Waals surface area contributed by atoms with E-state index >= 15 is 0 Å². The van der Waals surface area contributed by atoms with Gasteiger partial charge in [0.2, 0.25) is 5.91 Å². The highest BCUT2D eigenvalue weighted by atomic mass is 16.4. The largest absolute Gasteiger partial charge is 0.481 e. The summed E-state index contributed by atoms with van der Waals surface area (Å²) in [5, 5.41) is 8.66. The number of anilines is 1. The summed E-state index contributed by atoms with van der Waals surface area (Å²) in [6, 6.07) is 7.15. The van der Waals surface area contributed by atoms with Gasteiger partial charge in [-0.25, -0.2) is 0 Å². The number of rotatable bonds is 3. The molecular weight excluding hydrogens is 218 g/mol. The van der Waals surface area contributed by atoms with Gasteiger partial charge in [0.1, 0.15) is 0 Å². The van der Waals surface area contributed by atoms with Crippen LogP contribution in [0.2, 0.25) is 0 Å². The van der Waals surface area contributed by atoms with Crippen molar-refractivity contribution in [2.75, 3.05) is 11.4 Å². The van der Waals surface area contributed by atoms with Gasteiger partial charge in [-0.15, -0.1) is 0 Å². The summed E-state index contributed by atoms with van der Waals surface area (Å²) in [6.45, 7) is 2.68. The molecule has 1 N–H and O–H groups in total. The molecule has 90 valence electrons. The quantitative estimate of drug-likeness (QED) is 0.864. The molecule has 0 bridgehead atoms. The summed E-state index contributed by atoms with van der Waals surface area (Å²) in [5.74, 6) is -0.603. The molecule has 1 aromatic carbocycles. The molecule has 0 saturated carbocycles. The predicted molar refractivity (Wildman–Crippen MR) is 63.9 cm³/mol. The number of carboxylic acids is 1. The summed E-state index contributed by atoms with van der Waals surface area (Å²) in [5.41, 5.74) is 1.61. The highest BCUT2D eigenvalue weighted by molar-refractivity contribution is 5.96. The van der Waals surface area contributed by atoms with E-state index in [4.69, 9.17) is 5.11 Å². The molecular formula is C13H15NO3. The van der Waals surface area contributed by atoms with Gasteiger partial charge in [-0.3, -0.25) is 9.59 Å². The number of aliphatic carboxylic acids is 1. The van der Waals surface area contributed by atoms with Crippen molar-refractivity contribution in [1.29, 1.82) is 0 Å². The van der Waals surface area contributed by atoms with Crippen LogP contribution in [0.3, 0.4) is 0 Å². The van der Waals surface area contributed by atoms with E-state index in [9.17, 15) is 9.59 Å². The maximum absolute atomic E-state index is 11.8. The van der Waals surface area contributed by atoms with Gasteiger partial charge in [-0.2, -0.15) is 0 Å². The minimum Gasteiger partial charge on any atom is -0.481 e. The lowest BCUT2D eigenvalue weighted by Crippen LogP contribution is -2.26. The Labute approximate surface area is 99.9 Å². The predicted octanol–water partition coefficient (Wildman–Crippen LogP) is 1.69. The van der Waals surface area contributed by atoms with Crippen molar-refractivity contribution in [1.82, 2.24) is 0 Å². The van der Waals surface area contributed by atoms with Crippen molar-refractivity contribution in [2.45, 2.75) is 19.8 Å². The van der Waals surface area contributed by atoms with Crippen molar-refractivity contribution in [3.63, 3.8) is 0 Å². The Bertz CT molecular complexity index is 438. The van der Waals surface area contributed by atoms with Crippen LogP contribution in [0, 0.1) is 5.92 Å². The first-order valence-electron chi connectivity index (χ1n) is 5.70. The van der Waals surface area contributed by atoms with E-state index in [2.05, 4.69) is 0 Å². The van der Waals surface area contributed by atoms with Crippen molar-refractivity contribution in [3.05, 3.63) is 29.8 Å². The summed E-state index contributed by atoms with van der Waals surface area (Å²) >= 11 is 0. The maximum atomic E-state index is 11.8. The van der Waals surface area contributed by atoms with Crippen molar-refractivity contribution < 1.29 is 14.7 Å². The first-order chi connectivity index (χ1) is 8.08. The van der Waals surface area contributed by atoms with Crippen molar-refractivity contribution in [2.24, 2.45) is 5.92 Å². The van der Waals surface area contributed by atoms with Gasteiger partial charge >= 0.3 is 5.97 Å². The molecule has 1 aliphatic heterocycles. The van der Waals surface area contributed by atoms with Crippen LogP contribution in [0.15, 0.2) is 24.3 Å². The zero-order chi connectivity index (χ0) is 12.4. The van der Waals surface area contributed by atoms with E-state index in [0.717, 1.165) is 24.2 Å². The minimum atomic E-state index is -0.844. The molecule has 1 saturated heterocycles. The fraction of sp³-hybridized carbons (Fsp3) is 0.385. The van der Waals surface area contributed by atoms with Crippen LogP contribution in [0.4, 0.5) is 5.69 Å². The Balaban J connectivity index is 2.13. The molecule has 1 heterocycles. The molecule has 0 aliphatic carbocycles. The van der Waals surface area contributed by atoms with E-state index in [0.29, 0.717) is 0 Å². The van der Waals surface area contributed by atoms with Gasteiger partial charge < -0.3 is 10.0 Å². The fourth-order valence-electron chi connectivity index (χ4n) is 2.05. The number of benzene rings is 1. The highest BCUT2D eigenvalue weighted by Gasteiger charge is 2.28. The number of amides is 1. The fourth-order valence-corrected chi connectivity index (χ4v) is 2.05. The summed E-state index contributed by atoms with van der Waals surface area (Å²) in [7, 11) is 0. The van der Waals surface area contributed by atoms with Gasteiger partial charge in [0, 0.05) is 18.2 Å². The second-order valence-corrected chi connectivity index (χ2v) is 4.42. The first-order valence-corrected chi connectivity index (χ1v) is 5.70. The molecule has 17 heavy (non-hydrogen) atoms. The molecule has 0 aromatic heterocycles. The van der Waals surface area contributed by atoms with Crippen LogP contribution in [-0.4, -0.2) is 23.5 Å². The van der Waals surface area contributed by atoms with E-state index in [-0.39, 0.29) is 18.2 Å². The molecule has 1 amide bonds. The first kappa shape index (κ1) is 11.6. The lowest BCUT2D eigenvalue weighted by molar-refractivity contribution is -0.136. The molecule has 4 nitrogen and oxygen atoms in total. The third kappa shape index (κ3) is 2.46. The summed E-state index contributed by atoms with van der Waals surface area (Å²) in [4.78, 5) is 24.1. The smallest absolute Gasteiger partial charge is 0.307 e. The Morgan fingerprint density at radius 2 is 2.06 bits per heavy atom. The number of carbonyl (C=O) groups excluding carboxylic acids is 1. The van der Waals surface area contributed by atoms with Crippen molar-refractivity contribution >= 4 is 17.6 Å². The number of hydrogen-bond acceptors (Lipinski definition) is 2. The van der Waals surface area contributed by atoms with Gasteiger partial charge in [0.05, 0.1) is 6.42 Å². The molecule has 1 fully saturated rings. The van der Waals surface area contributed by atoms with Crippen LogP contribution in [-0.2, 0) is 16.0 Å². The lowest BCUT2D eigenvalue weighted by atomic mass is 10.1. The lowest BCUT2D eigenvalue weighted by Gasteiger charge is -2.16. The molecule has 0 spiro atoms. The monoisotopic (exact) mass is 233 g/mol. The Morgan fingerprint density at radius 3 is 2.53 bits per heavy atom. The topological polar surface area (TPSA) is 57.6 Å². The molecule has 0 radical (unpaired) electrons. The van der Waals surface area contributed by atoms with Gasteiger partial charge in [-0.05, 0) is 24.1 Å². The van der Waals surface area contributed by atoms with Gasteiger partial charge in [-0.1, -0.05) is 19.1 Å². The molecule has 1 atom stereocenters. The SMILES string of the molecule is CC1CCN(c2ccc(CC(=O)O)cc2)C1=O. The van der Waals surface area contributed by atoms with Crippen LogP contribution >= 0.6 is 0 Å². The zero-order valence-corrected chi connectivity index (χ0v) is 9.72. The number of hydrogen-bond donors (Lipinski definition) is 1. The average Bonchev–Trinajstić information content (AvgIpc) is 2.60. The van der Waals surface area contributed by atoms with E-state index in [1.54, 1.807) is 17.0 Å². The van der Waals surface area contributed by atoms with E-state index in [1.165, 1.54) is 0 Å². The number of carboxylic acid groups (broad SMARTS) is 1. The molecule has 1 unspecified atom stereocenters. The number of carbonyl (C=O) groups is 2. The Hall–Kier alpha value is -1.84. The average molecular weight is 233 g/mol. The van der Waals surface area contributed by atoms with Crippen LogP contribution in [0.25, 0.3) is 0 Å². The third-order valence-electron chi connectivity index (χ3n) is 3.08. The molecule has 2 rings (SSSR count). The number of nitrogens with zero attached hydrogens (tertiary/aromatic N) is 1. The van der Waals surface area contributed by atoms with Crippen LogP contribution in [0.1, 0.15) is 18.9 Å². The third-order valence-corrected chi connectivity index (χ3v) is 3.08. The van der Waals surface area contributed by atoms with Crippen LogP contribution in [0.5, 0.6) is 0 Å². The van der Waals surface area contributed by atoms with Gasteiger partial charge in [0.15, 0.2) is 0 Å². The van der Waals surface area contributed by atoms with Crippen molar-refractivity contribution in [3.8, 4) is 0 Å². The summed E-state index contributed by atoms with van der Waals surface area (Å²) in [6.07, 6.45) is 0.903.